The fourth-order valence-corrected chi connectivity index (χ4v) is 4.38. The van der Waals surface area contributed by atoms with Crippen LogP contribution in [-0.4, -0.2) is 36.3 Å². The smallest absolute Gasteiger partial charge is 0.255 e. The van der Waals surface area contributed by atoms with E-state index in [0.717, 1.165) is 21.5 Å². The molecule has 0 fully saturated rings. The first-order valence-corrected chi connectivity index (χ1v) is 11.5. The van der Waals surface area contributed by atoms with Crippen LogP contribution < -0.4 is 20.1 Å². The predicted molar refractivity (Wildman–Crippen MR) is 136 cm³/mol. The largest absolute Gasteiger partial charge is 0.493 e. The maximum absolute atomic E-state index is 12.7. The maximum atomic E-state index is 12.7. The van der Waals surface area contributed by atoms with Gasteiger partial charge >= 0.3 is 0 Å². The number of carbonyl (C=O) groups excluding carboxylic acids is 2. The lowest BCUT2D eigenvalue weighted by molar-refractivity contribution is -0.115. The number of aromatic amines is 1. The Morgan fingerprint density at radius 1 is 0.882 bits per heavy atom. The summed E-state index contributed by atoms with van der Waals surface area (Å²) in [4.78, 5) is 29.4. The number of H-pyrrole nitrogens is 1. The van der Waals surface area contributed by atoms with Gasteiger partial charge in [0.25, 0.3) is 5.91 Å². The third-order valence-corrected chi connectivity index (χ3v) is 6.34. The van der Waals surface area contributed by atoms with Gasteiger partial charge in [-0.15, -0.1) is 11.8 Å². The Morgan fingerprint density at radius 3 is 2.47 bits per heavy atom. The Labute approximate surface area is 201 Å². The standard InChI is InChI=1S/C26H25N3O4S/c1-16(25(30)28-20-9-7-17-11-12-27-22(17)15-20)34-21-6-4-5-19(14-21)29-26(31)18-8-10-23(32-2)24(13-18)33-3/h4-16,27H,1-3H3,(H,28,30)(H,29,31). The summed E-state index contributed by atoms with van der Waals surface area (Å²) >= 11 is 1.42. The Morgan fingerprint density at radius 2 is 1.68 bits per heavy atom. The van der Waals surface area contributed by atoms with E-state index in [1.54, 1.807) is 31.4 Å². The average Bonchev–Trinajstić information content (AvgIpc) is 3.31. The summed E-state index contributed by atoms with van der Waals surface area (Å²) in [6.07, 6.45) is 1.87. The van der Waals surface area contributed by atoms with Crippen LogP contribution in [0.15, 0.2) is 77.8 Å². The van der Waals surface area contributed by atoms with E-state index in [9.17, 15) is 9.59 Å². The summed E-state index contributed by atoms with van der Waals surface area (Å²) in [6.45, 7) is 1.85. The fraction of sp³-hybridized carbons (Fsp3) is 0.154. The Balaban J connectivity index is 1.39. The van der Waals surface area contributed by atoms with Gasteiger partial charge in [0.2, 0.25) is 5.91 Å². The molecule has 0 aliphatic heterocycles. The van der Waals surface area contributed by atoms with Gasteiger partial charge in [-0.05, 0) is 66.9 Å². The second-order valence-corrected chi connectivity index (χ2v) is 8.99. The van der Waals surface area contributed by atoms with E-state index in [1.807, 2.05) is 55.6 Å². The van der Waals surface area contributed by atoms with E-state index in [0.29, 0.717) is 22.7 Å². The van der Waals surface area contributed by atoms with Crippen LogP contribution in [0.2, 0.25) is 0 Å². The minimum Gasteiger partial charge on any atom is -0.493 e. The Hall–Kier alpha value is -3.91. The predicted octanol–water partition coefficient (Wildman–Crippen LogP) is 5.56. The molecule has 1 aromatic heterocycles. The third-order valence-electron chi connectivity index (χ3n) is 5.24. The van der Waals surface area contributed by atoms with Crippen molar-refractivity contribution in [3.63, 3.8) is 0 Å². The van der Waals surface area contributed by atoms with Crippen LogP contribution in [0, 0.1) is 0 Å². The first-order chi connectivity index (χ1) is 16.5. The van der Waals surface area contributed by atoms with Crippen LogP contribution in [0.1, 0.15) is 17.3 Å². The highest BCUT2D eigenvalue weighted by Gasteiger charge is 2.16. The zero-order chi connectivity index (χ0) is 24.1. The van der Waals surface area contributed by atoms with Crippen molar-refractivity contribution in [2.75, 3.05) is 24.9 Å². The highest BCUT2D eigenvalue weighted by Crippen LogP contribution is 2.29. The lowest BCUT2D eigenvalue weighted by Gasteiger charge is -2.13. The topological polar surface area (TPSA) is 92.5 Å². The van der Waals surface area contributed by atoms with Crippen LogP contribution >= 0.6 is 11.8 Å². The van der Waals surface area contributed by atoms with E-state index in [2.05, 4.69) is 15.6 Å². The first kappa shape index (κ1) is 23.3. The second kappa shape index (κ2) is 10.4. The van der Waals surface area contributed by atoms with Crippen LogP contribution in [0.4, 0.5) is 11.4 Å². The molecule has 174 valence electrons. The molecule has 0 aliphatic carbocycles. The SMILES string of the molecule is COc1ccc(C(=O)Nc2cccc(SC(C)C(=O)Nc3ccc4cc[nH]c4c3)c2)cc1OC. The number of hydrogen-bond donors (Lipinski definition) is 3. The number of benzene rings is 3. The van der Waals surface area contributed by atoms with E-state index in [4.69, 9.17) is 9.47 Å². The quantitative estimate of drug-likeness (QED) is 0.290. The number of carbonyl (C=O) groups is 2. The van der Waals surface area contributed by atoms with Gasteiger partial charge in [-0.25, -0.2) is 0 Å². The number of amides is 2. The first-order valence-electron chi connectivity index (χ1n) is 10.6. The van der Waals surface area contributed by atoms with E-state index in [1.165, 1.54) is 18.9 Å². The van der Waals surface area contributed by atoms with Crippen molar-refractivity contribution < 1.29 is 19.1 Å². The van der Waals surface area contributed by atoms with Gasteiger partial charge in [0.05, 0.1) is 19.5 Å². The molecule has 0 saturated carbocycles. The van der Waals surface area contributed by atoms with Crippen LogP contribution in [0.5, 0.6) is 11.5 Å². The molecule has 0 spiro atoms. The number of hydrogen-bond acceptors (Lipinski definition) is 5. The number of fused-ring (bicyclic) bond motifs is 1. The van der Waals surface area contributed by atoms with Gasteiger partial charge in [-0.1, -0.05) is 12.1 Å². The maximum Gasteiger partial charge on any atom is 0.255 e. The summed E-state index contributed by atoms with van der Waals surface area (Å²) in [5, 5.41) is 6.61. The summed E-state index contributed by atoms with van der Waals surface area (Å²) < 4.78 is 10.5. The van der Waals surface area contributed by atoms with Gasteiger partial charge in [0, 0.05) is 33.5 Å². The highest BCUT2D eigenvalue weighted by atomic mass is 32.2. The molecule has 4 aromatic rings. The van der Waals surface area contributed by atoms with Gasteiger partial charge in [-0.3, -0.25) is 9.59 Å². The fourth-order valence-electron chi connectivity index (χ4n) is 3.46. The molecule has 0 aliphatic rings. The number of rotatable bonds is 8. The van der Waals surface area contributed by atoms with Crippen LogP contribution in [-0.2, 0) is 4.79 Å². The van der Waals surface area contributed by atoms with Gasteiger partial charge in [-0.2, -0.15) is 0 Å². The number of anilines is 2. The van der Waals surface area contributed by atoms with Crippen molar-refractivity contribution in [1.82, 2.24) is 4.98 Å². The molecule has 0 saturated heterocycles. The lowest BCUT2D eigenvalue weighted by atomic mass is 10.2. The number of nitrogens with one attached hydrogen (secondary N) is 3. The number of thioether (sulfide) groups is 1. The molecule has 1 heterocycles. The molecule has 4 rings (SSSR count). The van der Waals surface area contributed by atoms with E-state index in [-0.39, 0.29) is 17.1 Å². The minimum atomic E-state index is -0.337. The Bertz CT molecular complexity index is 1330. The normalized spacial score (nSPS) is 11.6. The van der Waals surface area contributed by atoms with Crippen molar-refractivity contribution in [1.29, 1.82) is 0 Å². The van der Waals surface area contributed by atoms with E-state index < -0.39 is 0 Å². The molecule has 8 heteroatoms. The molecular weight excluding hydrogens is 450 g/mol. The van der Waals surface area contributed by atoms with Crippen LogP contribution in [0.25, 0.3) is 10.9 Å². The summed E-state index contributed by atoms with van der Waals surface area (Å²) in [6, 6.07) is 20.1. The molecular formula is C26H25N3O4S. The molecule has 7 nitrogen and oxygen atoms in total. The molecule has 2 amide bonds. The minimum absolute atomic E-state index is 0.101. The molecule has 1 atom stereocenters. The average molecular weight is 476 g/mol. The zero-order valence-electron chi connectivity index (χ0n) is 19.0. The molecule has 1 unspecified atom stereocenters. The molecule has 3 N–H and O–H groups in total. The summed E-state index contributed by atoms with van der Waals surface area (Å²) in [5.41, 5.74) is 2.79. The Kier molecular flexibility index (Phi) is 7.08. The zero-order valence-corrected chi connectivity index (χ0v) is 19.9. The molecule has 0 bridgehead atoms. The summed E-state index contributed by atoms with van der Waals surface area (Å²) in [5.74, 6) is 0.663. The van der Waals surface area contributed by atoms with Crippen molar-refractivity contribution in [3.8, 4) is 11.5 Å². The summed E-state index contributed by atoms with van der Waals surface area (Å²) in [7, 11) is 3.07. The van der Waals surface area contributed by atoms with Gasteiger partial charge in [0.1, 0.15) is 0 Å². The highest BCUT2D eigenvalue weighted by molar-refractivity contribution is 8.00. The third kappa shape index (κ3) is 5.35. The monoisotopic (exact) mass is 475 g/mol. The molecule has 34 heavy (non-hydrogen) atoms. The van der Waals surface area contributed by atoms with Crippen molar-refractivity contribution in [2.24, 2.45) is 0 Å². The van der Waals surface area contributed by atoms with E-state index >= 15 is 0 Å². The number of methoxy groups -OCH3 is 2. The van der Waals surface area contributed by atoms with Gasteiger partial charge in [0.15, 0.2) is 11.5 Å². The van der Waals surface area contributed by atoms with Crippen molar-refractivity contribution in [3.05, 3.63) is 78.5 Å². The second-order valence-electron chi connectivity index (χ2n) is 7.58. The molecule has 3 aromatic carbocycles. The number of ether oxygens (including phenoxy) is 2. The van der Waals surface area contributed by atoms with Crippen molar-refractivity contribution in [2.45, 2.75) is 17.1 Å². The van der Waals surface area contributed by atoms with Crippen molar-refractivity contribution >= 4 is 45.9 Å². The van der Waals surface area contributed by atoms with Crippen LogP contribution in [0.3, 0.4) is 0 Å². The lowest BCUT2D eigenvalue weighted by Crippen LogP contribution is -2.22. The number of aromatic nitrogens is 1. The van der Waals surface area contributed by atoms with Gasteiger partial charge < -0.3 is 25.1 Å². The molecule has 0 radical (unpaired) electrons.